The lowest BCUT2D eigenvalue weighted by Gasteiger charge is -2.33. The van der Waals surface area contributed by atoms with Crippen LogP contribution < -0.4 is 5.32 Å². The molecule has 1 unspecified atom stereocenters. The van der Waals surface area contributed by atoms with Gasteiger partial charge in [0, 0.05) is 37.3 Å². The zero-order valence-corrected chi connectivity index (χ0v) is 13.1. The number of hydrogen-bond acceptors (Lipinski definition) is 5. The molecule has 7 nitrogen and oxygen atoms in total. The van der Waals surface area contributed by atoms with Crippen LogP contribution in [0.5, 0.6) is 0 Å². The maximum absolute atomic E-state index is 12.8. The molecule has 0 radical (unpaired) electrons. The van der Waals surface area contributed by atoms with Crippen molar-refractivity contribution in [2.75, 3.05) is 19.6 Å². The number of piperazine rings is 1. The van der Waals surface area contributed by atoms with E-state index in [1.807, 2.05) is 6.92 Å². The molecule has 21 heavy (non-hydrogen) atoms. The molecular formula is C13H19N3O4S. The Hall–Kier alpha value is -1.51. The highest BCUT2D eigenvalue weighted by atomic mass is 32.2. The molecule has 8 heteroatoms. The maximum atomic E-state index is 12.8. The first kappa shape index (κ1) is 15.9. The second-order valence-electron chi connectivity index (χ2n) is 5.33. The molecule has 0 aliphatic carbocycles. The van der Waals surface area contributed by atoms with Crippen LogP contribution in [-0.4, -0.2) is 43.3 Å². The minimum Gasteiger partial charge on any atom is -0.314 e. The second kappa shape index (κ2) is 5.70. The smallest absolute Gasteiger partial charge is 0.273 e. The van der Waals surface area contributed by atoms with Crippen molar-refractivity contribution in [3.05, 3.63) is 33.4 Å². The molecule has 0 aromatic heterocycles. The number of sulfonamides is 1. The highest BCUT2D eigenvalue weighted by Gasteiger charge is 2.33. The summed E-state index contributed by atoms with van der Waals surface area (Å²) in [5.74, 6) is 0. The molecule has 1 heterocycles. The third kappa shape index (κ3) is 2.92. The molecule has 116 valence electrons. The lowest BCUT2D eigenvalue weighted by atomic mass is 10.1. The van der Waals surface area contributed by atoms with Gasteiger partial charge < -0.3 is 5.32 Å². The second-order valence-corrected chi connectivity index (χ2v) is 7.19. The molecule has 1 aromatic carbocycles. The van der Waals surface area contributed by atoms with Gasteiger partial charge in [-0.1, -0.05) is 0 Å². The number of hydrogen-bond donors (Lipinski definition) is 1. The molecule has 1 atom stereocenters. The van der Waals surface area contributed by atoms with Gasteiger partial charge in [-0.2, -0.15) is 4.31 Å². The van der Waals surface area contributed by atoms with E-state index in [9.17, 15) is 18.5 Å². The fourth-order valence-corrected chi connectivity index (χ4v) is 4.46. The van der Waals surface area contributed by atoms with E-state index in [2.05, 4.69) is 5.32 Å². The predicted octanol–water partition coefficient (Wildman–Crippen LogP) is 1.19. The van der Waals surface area contributed by atoms with Crippen LogP contribution in [0.1, 0.15) is 18.1 Å². The Morgan fingerprint density at radius 1 is 1.33 bits per heavy atom. The zero-order valence-electron chi connectivity index (χ0n) is 12.3. The summed E-state index contributed by atoms with van der Waals surface area (Å²) in [6.07, 6.45) is 0. The first-order valence-electron chi connectivity index (χ1n) is 6.73. The minimum absolute atomic E-state index is 0.0218. The van der Waals surface area contributed by atoms with Crippen molar-refractivity contribution in [3.8, 4) is 0 Å². The normalized spacial score (nSPS) is 20.4. The summed E-state index contributed by atoms with van der Waals surface area (Å²) in [6, 6.07) is 2.55. The number of aryl methyl sites for hydroxylation is 2. The zero-order chi connectivity index (χ0) is 15.8. The summed E-state index contributed by atoms with van der Waals surface area (Å²) in [4.78, 5) is 10.5. The van der Waals surface area contributed by atoms with E-state index < -0.39 is 14.9 Å². The van der Waals surface area contributed by atoms with Crippen LogP contribution in [-0.2, 0) is 10.0 Å². The van der Waals surface area contributed by atoms with Gasteiger partial charge in [0.05, 0.1) is 9.82 Å². The Bertz CT molecular complexity index is 672. The lowest BCUT2D eigenvalue weighted by molar-refractivity contribution is -0.385. The van der Waals surface area contributed by atoms with Gasteiger partial charge in [-0.05, 0) is 32.4 Å². The summed E-state index contributed by atoms with van der Waals surface area (Å²) in [7, 11) is -3.73. The van der Waals surface area contributed by atoms with E-state index in [0.29, 0.717) is 30.8 Å². The summed E-state index contributed by atoms with van der Waals surface area (Å²) < 4.78 is 27.0. The van der Waals surface area contributed by atoms with Crippen LogP contribution in [0.4, 0.5) is 5.69 Å². The summed E-state index contributed by atoms with van der Waals surface area (Å²) >= 11 is 0. The molecule has 1 aliphatic rings. The maximum Gasteiger partial charge on any atom is 0.273 e. The van der Waals surface area contributed by atoms with Crippen molar-refractivity contribution >= 4 is 15.7 Å². The number of nitrogens with zero attached hydrogens (tertiary/aromatic N) is 2. The van der Waals surface area contributed by atoms with Gasteiger partial charge in [0.1, 0.15) is 0 Å². The molecular weight excluding hydrogens is 294 g/mol. The topological polar surface area (TPSA) is 92.6 Å². The Morgan fingerprint density at radius 3 is 2.57 bits per heavy atom. The van der Waals surface area contributed by atoms with Crippen molar-refractivity contribution < 1.29 is 13.3 Å². The van der Waals surface area contributed by atoms with Gasteiger partial charge in [-0.15, -0.1) is 0 Å². The Labute approximate surface area is 124 Å². The number of nitro benzene ring substituents is 1. The summed E-state index contributed by atoms with van der Waals surface area (Å²) in [5.41, 5.74) is 0.829. The third-order valence-electron chi connectivity index (χ3n) is 3.72. The summed E-state index contributed by atoms with van der Waals surface area (Å²) in [6.45, 7) is 6.61. The molecule has 0 bridgehead atoms. The van der Waals surface area contributed by atoms with Crippen LogP contribution in [0.2, 0.25) is 0 Å². The molecule has 1 saturated heterocycles. The Balaban J connectivity index is 2.54. The molecule has 0 saturated carbocycles. The monoisotopic (exact) mass is 313 g/mol. The fraction of sp³-hybridized carbons (Fsp3) is 0.538. The number of nitrogens with one attached hydrogen (secondary N) is 1. The van der Waals surface area contributed by atoms with Gasteiger partial charge in [0.2, 0.25) is 10.0 Å². The first-order chi connectivity index (χ1) is 9.75. The number of benzene rings is 1. The van der Waals surface area contributed by atoms with Crippen LogP contribution >= 0.6 is 0 Å². The number of rotatable bonds is 3. The third-order valence-corrected chi connectivity index (χ3v) is 5.87. The minimum atomic E-state index is -3.73. The number of nitro groups is 1. The first-order valence-corrected chi connectivity index (χ1v) is 8.17. The van der Waals surface area contributed by atoms with Gasteiger partial charge >= 0.3 is 0 Å². The van der Waals surface area contributed by atoms with Gasteiger partial charge in [-0.3, -0.25) is 10.1 Å². The van der Waals surface area contributed by atoms with Crippen molar-refractivity contribution in [2.24, 2.45) is 0 Å². The van der Waals surface area contributed by atoms with Crippen molar-refractivity contribution in [2.45, 2.75) is 31.7 Å². The molecule has 2 rings (SSSR count). The van der Waals surface area contributed by atoms with Crippen LogP contribution in [0, 0.1) is 24.0 Å². The van der Waals surface area contributed by atoms with Crippen LogP contribution in [0.3, 0.4) is 0 Å². The van der Waals surface area contributed by atoms with E-state index >= 15 is 0 Å². The van der Waals surface area contributed by atoms with E-state index in [1.165, 1.54) is 10.4 Å². The molecule has 1 aromatic rings. The van der Waals surface area contributed by atoms with E-state index in [1.54, 1.807) is 19.9 Å². The average molecular weight is 313 g/mol. The van der Waals surface area contributed by atoms with Crippen molar-refractivity contribution in [1.82, 2.24) is 9.62 Å². The van der Waals surface area contributed by atoms with Gasteiger partial charge in [-0.25, -0.2) is 8.42 Å². The Kier molecular flexibility index (Phi) is 4.31. The SMILES string of the molecule is Cc1cc(C)c(S(=O)(=O)N2CCNCC2C)cc1[N+](=O)[O-]. The van der Waals surface area contributed by atoms with E-state index in [-0.39, 0.29) is 16.6 Å². The predicted molar refractivity (Wildman–Crippen MR) is 78.8 cm³/mol. The van der Waals surface area contributed by atoms with Crippen LogP contribution in [0.15, 0.2) is 17.0 Å². The molecule has 0 spiro atoms. The van der Waals surface area contributed by atoms with E-state index in [4.69, 9.17) is 0 Å². The van der Waals surface area contributed by atoms with Crippen molar-refractivity contribution in [1.29, 1.82) is 0 Å². The summed E-state index contributed by atoms with van der Waals surface area (Å²) in [5, 5.41) is 14.2. The van der Waals surface area contributed by atoms with Gasteiger partial charge in [0.25, 0.3) is 5.69 Å². The molecule has 1 N–H and O–H groups in total. The van der Waals surface area contributed by atoms with E-state index in [0.717, 1.165) is 0 Å². The largest absolute Gasteiger partial charge is 0.314 e. The molecule has 1 aliphatic heterocycles. The molecule has 1 fully saturated rings. The molecule has 0 amide bonds. The Morgan fingerprint density at radius 2 is 2.00 bits per heavy atom. The average Bonchev–Trinajstić information content (AvgIpc) is 2.38. The highest BCUT2D eigenvalue weighted by Crippen LogP contribution is 2.29. The lowest BCUT2D eigenvalue weighted by Crippen LogP contribution is -2.52. The quantitative estimate of drug-likeness (QED) is 0.668. The van der Waals surface area contributed by atoms with Crippen LogP contribution in [0.25, 0.3) is 0 Å². The van der Waals surface area contributed by atoms with Crippen molar-refractivity contribution in [3.63, 3.8) is 0 Å². The standard InChI is InChI=1S/C13H19N3O4S/c1-9-6-10(2)13(7-12(9)16(17)18)21(19,20)15-5-4-14-8-11(15)3/h6-7,11,14H,4-5,8H2,1-3H3. The highest BCUT2D eigenvalue weighted by molar-refractivity contribution is 7.89. The van der Waals surface area contributed by atoms with Gasteiger partial charge in [0.15, 0.2) is 0 Å². The fourth-order valence-electron chi connectivity index (χ4n) is 2.60.